The van der Waals surface area contributed by atoms with E-state index in [1.807, 2.05) is 0 Å². The van der Waals surface area contributed by atoms with Gasteiger partial charge in [0.05, 0.1) is 24.8 Å². The summed E-state index contributed by atoms with van der Waals surface area (Å²) in [5.74, 6) is -0.394. The lowest BCUT2D eigenvalue weighted by Gasteiger charge is -2.50. The second kappa shape index (κ2) is 9.15. The molecule has 10 nitrogen and oxygen atoms in total. The SMILES string of the molecule is N[C@@H](Cc1ccc(O)cc1)C(=O)N[C@@H]1C[C@H](N)[C@@]2(CC[C@H](O)[C@H](O)CO2)[C@H](O)[C@H]1O. The maximum atomic E-state index is 12.5. The number of benzene rings is 1. The molecule has 8 atom stereocenters. The van der Waals surface area contributed by atoms with E-state index in [0.717, 1.165) is 5.56 Å². The van der Waals surface area contributed by atoms with Crippen molar-refractivity contribution >= 4 is 5.91 Å². The van der Waals surface area contributed by atoms with Crippen molar-refractivity contribution in [2.45, 2.75) is 73.8 Å². The fourth-order valence-electron chi connectivity index (χ4n) is 4.27. The van der Waals surface area contributed by atoms with Crippen molar-refractivity contribution in [1.29, 1.82) is 0 Å². The molecular formula is C20H31N3O7. The molecule has 1 saturated carbocycles. The molecule has 1 aromatic rings. The van der Waals surface area contributed by atoms with Gasteiger partial charge in [-0.25, -0.2) is 0 Å². The molecule has 1 spiro atoms. The third-order valence-corrected chi connectivity index (χ3v) is 6.23. The zero-order valence-electron chi connectivity index (χ0n) is 16.6. The summed E-state index contributed by atoms with van der Waals surface area (Å²) >= 11 is 0. The van der Waals surface area contributed by atoms with E-state index >= 15 is 0 Å². The Bertz CT molecular complexity index is 720. The quantitative estimate of drug-likeness (QED) is 0.257. The number of aromatic hydroxyl groups is 1. The van der Waals surface area contributed by atoms with Gasteiger partial charge in [0, 0.05) is 6.04 Å². The van der Waals surface area contributed by atoms with Crippen LogP contribution in [0.3, 0.4) is 0 Å². The lowest BCUT2D eigenvalue weighted by atomic mass is 9.71. The van der Waals surface area contributed by atoms with Crippen LogP contribution < -0.4 is 16.8 Å². The van der Waals surface area contributed by atoms with Gasteiger partial charge in [-0.05, 0) is 43.4 Å². The number of ether oxygens (including phenoxy) is 1. The Labute approximate surface area is 174 Å². The average molecular weight is 425 g/mol. The molecule has 3 rings (SSSR count). The lowest BCUT2D eigenvalue weighted by molar-refractivity contribution is -0.202. The zero-order valence-corrected chi connectivity index (χ0v) is 16.6. The van der Waals surface area contributed by atoms with Crippen LogP contribution >= 0.6 is 0 Å². The maximum Gasteiger partial charge on any atom is 0.237 e. The van der Waals surface area contributed by atoms with Crippen molar-refractivity contribution in [3.05, 3.63) is 29.8 Å². The molecule has 30 heavy (non-hydrogen) atoms. The Hall–Kier alpha value is -1.79. The number of phenolic OH excluding ortho intramolecular Hbond substituents is 1. The van der Waals surface area contributed by atoms with Gasteiger partial charge in [-0.3, -0.25) is 4.79 Å². The molecule has 1 heterocycles. The summed E-state index contributed by atoms with van der Waals surface area (Å²) in [7, 11) is 0. The fraction of sp³-hybridized carbons (Fsp3) is 0.650. The molecule has 1 aliphatic carbocycles. The van der Waals surface area contributed by atoms with Gasteiger partial charge in [-0.2, -0.15) is 0 Å². The highest BCUT2D eigenvalue weighted by Gasteiger charge is 2.55. The van der Waals surface area contributed by atoms with E-state index in [4.69, 9.17) is 16.2 Å². The number of carbonyl (C=O) groups excluding carboxylic acids is 1. The van der Waals surface area contributed by atoms with E-state index in [0.29, 0.717) is 0 Å². The molecule has 2 fully saturated rings. The van der Waals surface area contributed by atoms with Crippen molar-refractivity contribution in [3.63, 3.8) is 0 Å². The Morgan fingerprint density at radius 2 is 1.87 bits per heavy atom. The number of aliphatic hydroxyl groups is 4. The predicted octanol–water partition coefficient (Wildman–Crippen LogP) is -2.53. The van der Waals surface area contributed by atoms with Crippen LogP contribution in [0.4, 0.5) is 0 Å². The third-order valence-electron chi connectivity index (χ3n) is 6.23. The predicted molar refractivity (Wildman–Crippen MR) is 106 cm³/mol. The largest absolute Gasteiger partial charge is 0.508 e. The summed E-state index contributed by atoms with van der Waals surface area (Å²) in [5.41, 5.74) is 11.7. The molecule has 1 saturated heterocycles. The van der Waals surface area contributed by atoms with Crippen LogP contribution in [-0.2, 0) is 16.0 Å². The van der Waals surface area contributed by atoms with Gasteiger partial charge < -0.3 is 47.1 Å². The van der Waals surface area contributed by atoms with Gasteiger partial charge in [0.1, 0.15) is 29.7 Å². The topological polar surface area (TPSA) is 192 Å². The highest BCUT2D eigenvalue weighted by Crippen LogP contribution is 2.38. The second-order valence-electron chi connectivity index (χ2n) is 8.31. The van der Waals surface area contributed by atoms with Gasteiger partial charge in [0.25, 0.3) is 0 Å². The maximum absolute atomic E-state index is 12.5. The normalized spacial score (nSPS) is 38.1. The fourth-order valence-corrected chi connectivity index (χ4v) is 4.27. The number of amides is 1. The minimum absolute atomic E-state index is 0.111. The van der Waals surface area contributed by atoms with Crippen LogP contribution in [0.1, 0.15) is 24.8 Å². The Morgan fingerprint density at radius 3 is 2.53 bits per heavy atom. The first kappa shape index (κ1) is 22.9. The van der Waals surface area contributed by atoms with Gasteiger partial charge in [-0.1, -0.05) is 12.1 Å². The molecular weight excluding hydrogens is 394 g/mol. The summed E-state index contributed by atoms with van der Waals surface area (Å²) in [6.45, 7) is -0.215. The first-order valence-electron chi connectivity index (χ1n) is 10.1. The first-order chi connectivity index (χ1) is 14.1. The zero-order chi connectivity index (χ0) is 22.1. The molecule has 0 aromatic heterocycles. The number of hydrogen-bond acceptors (Lipinski definition) is 9. The molecule has 10 N–H and O–H groups in total. The van der Waals surface area contributed by atoms with E-state index in [-0.39, 0.29) is 38.0 Å². The van der Waals surface area contributed by atoms with Crippen molar-refractivity contribution in [1.82, 2.24) is 5.32 Å². The van der Waals surface area contributed by atoms with Crippen LogP contribution in [0.15, 0.2) is 24.3 Å². The number of hydrogen-bond donors (Lipinski definition) is 8. The molecule has 1 aromatic carbocycles. The first-order valence-corrected chi connectivity index (χ1v) is 10.1. The minimum Gasteiger partial charge on any atom is -0.508 e. The molecule has 1 amide bonds. The summed E-state index contributed by atoms with van der Waals surface area (Å²) in [5, 5.41) is 53.1. The summed E-state index contributed by atoms with van der Waals surface area (Å²) in [4.78, 5) is 12.5. The average Bonchev–Trinajstić information content (AvgIpc) is 2.86. The lowest BCUT2D eigenvalue weighted by Crippen LogP contribution is -2.71. The van der Waals surface area contributed by atoms with Crippen LogP contribution in [0.2, 0.25) is 0 Å². The standard InChI is InChI=1S/C20H31N3O7/c21-12(7-10-1-3-11(24)4-2-10)19(29)23-13-8-16(22)20(18(28)17(13)27)6-5-14(25)15(26)9-30-20/h1-4,12-18,24-28H,5-9,21-22H2,(H,23,29)/t12-,13+,14-,15+,16-,17-,18+,20-/m0/s1. The van der Waals surface area contributed by atoms with Crippen molar-refractivity contribution in [3.8, 4) is 5.75 Å². The van der Waals surface area contributed by atoms with Crippen LogP contribution in [0, 0.1) is 0 Å². The van der Waals surface area contributed by atoms with Crippen molar-refractivity contribution in [2.75, 3.05) is 6.61 Å². The van der Waals surface area contributed by atoms with Gasteiger partial charge in [-0.15, -0.1) is 0 Å². The van der Waals surface area contributed by atoms with Crippen LogP contribution in [0.25, 0.3) is 0 Å². The monoisotopic (exact) mass is 425 g/mol. The Morgan fingerprint density at radius 1 is 1.20 bits per heavy atom. The third kappa shape index (κ3) is 4.59. The molecule has 0 bridgehead atoms. The highest BCUT2D eigenvalue weighted by atomic mass is 16.5. The molecule has 1 aliphatic heterocycles. The number of phenols is 1. The minimum atomic E-state index is -1.42. The number of rotatable bonds is 4. The second-order valence-corrected chi connectivity index (χ2v) is 8.31. The van der Waals surface area contributed by atoms with Crippen molar-refractivity contribution < 1.29 is 35.1 Å². The van der Waals surface area contributed by atoms with E-state index in [1.54, 1.807) is 12.1 Å². The van der Waals surface area contributed by atoms with Crippen LogP contribution in [0.5, 0.6) is 5.75 Å². The highest BCUT2D eigenvalue weighted by molar-refractivity contribution is 5.82. The summed E-state index contributed by atoms with van der Waals surface area (Å²) in [6.07, 6.45) is -4.21. The van der Waals surface area contributed by atoms with E-state index < -0.39 is 54.0 Å². The Balaban J connectivity index is 1.64. The number of aliphatic hydroxyl groups excluding tert-OH is 4. The Kier molecular flexibility index (Phi) is 6.98. The number of nitrogens with one attached hydrogen (secondary N) is 1. The van der Waals surface area contributed by atoms with E-state index in [2.05, 4.69) is 5.32 Å². The number of carbonyl (C=O) groups is 1. The molecule has 10 heteroatoms. The van der Waals surface area contributed by atoms with E-state index in [1.165, 1.54) is 12.1 Å². The number of nitrogens with two attached hydrogens (primary N) is 2. The van der Waals surface area contributed by atoms with E-state index in [9.17, 15) is 30.3 Å². The molecule has 0 unspecified atom stereocenters. The van der Waals surface area contributed by atoms with Crippen LogP contribution in [-0.4, -0.2) is 86.2 Å². The smallest absolute Gasteiger partial charge is 0.237 e. The summed E-state index contributed by atoms with van der Waals surface area (Å²) < 4.78 is 5.70. The van der Waals surface area contributed by atoms with Crippen molar-refractivity contribution in [2.24, 2.45) is 11.5 Å². The van der Waals surface area contributed by atoms with Gasteiger partial charge >= 0.3 is 0 Å². The molecule has 0 radical (unpaired) electrons. The van der Waals surface area contributed by atoms with Gasteiger partial charge in [0.2, 0.25) is 5.91 Å². The molecule has 168 valence electrons. The molecule has 2 aliphatic rings. The summed E-state index contributed by atoms with van der Waals surface area (Å²) in [6, 6.07) is 3.85. The van der Waals surface area contributed by atoms with Gasteiger partial charge in [0.15, 0.2) is 0 Å².